The Hall–Kier alpha value is -2.11. The minimum Gasteiger partial charge on any atom is -0.376 e. The fourth-order valence-electron chi connectivity index (χ4n) is 3.33. The van der Waals surface area contributed by atoms with E-state index in [1.54, 1.807) is 6.08 Å². The molecule has 0 radical (unpaired) electrons. The average Bonchev–Trinajstić information content (AvgIpc) is 3.27. The number of nitrogens with one attached hydrogen (secondary N) is 1. The largest absolute Gasteiger partial charge is 0.376 e. The Kier molecular flexibility index (Phi) is 6.34. The SMILES string of the molecule is Cc1cc(/C=C(\C#N)C(=O)NCC2CCCO2)c(C)n1-c1ccc(I)cc1. The van der Waals surface area contributed by atoms with Crippen LogP contribution in [0, 0.1) is 28.7 Å². The van der Waals surface area contributed by atoms with Crippen LogP contribution >= 0.6 is 22.6 Å². The average molecular weight is 475 g/mol. The lowest BCUT2D eigenvalue weighted by Crippen LogP contribution is -2.32. The van der Waals surface area contributed by atoms with Crippen molar-refractivity contribution in [2.24, 2.45) is 0 Å². The van der Waals surface area contributed by atoms with Gasteiger partial charge in [0.05, 0.1) is 6.10 Å². The molecule has 2 heterocycles. The van der Waals surface area contributed by atoms with E-state index in [1.807, 2.05) is 26.0 Å². The summed E-state index contributed by atoms with van der Waals surface area (Å²) in [7, 11) is 0. The van der Waals surface area contributed by atoms with Crippen LogP contribution in [0.25, 0.3) is 11.8 Å². The third kappa shape index (κ3) is 4.60. The lowest BCUT2D eigenvalue weighted by atomic mass is 10.1. The number of nitrogens with zero attached hydrogens (tertiary/aromatic N) is 2. The first kappa shape index (κ1) is 19.6. The number of aryl methyl sites for hydroxylation is 1. The number of hydrogen-bond acceptors (Lipinski definition) is 3. The highest BCUT2D eigenvalue weighted by Gasteiger charge is 2.18. The minimum atomic E-state index is -0.355. The third-order valence-electron chi connectivity index (χ3n) is 4.73. The van der Waals surface area contributed by atoms with E-state index in [0.717, 1.165) is 42.1 Å². The summed E-state index contributed by atoms with van der Waals surface area (Å²) in [5.74, 6) is -0.355. The summed E-state index contributed by atoms with van der Waals surface area (Å²) in [5, 5.41) is 12.3. The van der Waals surface area contributed by atoms with Gasteiger partial charge in [-0.2, -0.15) is 5.26 Å². The summed E-state index contributed by atoms with van der Waals surface area (Å²) < 4.78 is 8.81. The second-order valence-electron chi connectivity index (χ2n) is 6.65. The van der Waals surface area contributed by atoms with Crippen molar-refractivity contribution in [3.05, 3.63) is 56.4 Å². The van der Waals surface area contributed by atoms with Crippen LogP contribution in [0.1, 0.15) is 29.8 Å². The van der Waals surface area contributed by atoms with Crippen molar-refractivity contribution in [2.45, 2.75) is 32.8 Å². The lowest BCUT2D eigenvalue weighted by molar-refractivity contribution is -0.117. The van der Waals surface area contributed by atoms with E-state index in [2.05, 4.69) is 56.7 Å². The van der Waals surface area contributed by atoms with E-state index < -0.39 is 0 Å². The smallest absolute Gasteiger partial charge is 0.262 e. The molecule has 3 rings (SSSR count). The third-order valence-corrected chi connectivity index (χ3v) is 5.45. The maximum Gasteiger partial charge on any atom is 0.262 e. The Bertz CT molecular complexity index is 901. The van der Waals surface area contributed by atoms with Gasteiger partial charge in [0.15, 0.2) is 0 Å². The summed E-state index contributed by atoms with van der Waals surface area (Å²) in [5.41, 5.74) is 4.09. The van der Waals surface area contributed by atoms with Crippen molar-refractivity contribution in [3.8, 4) is 11.8 Å². The van der Waals surface area contributed by atoms with Crippen LogP contribution in [-0.4, -0.2) is 29.7 Å². The van der Waals surface area contributed by atoms with Gasteiger partial charge in [0.25, 0.3) is 5.91 Å². The fourth-order valence-corrected chi connectivity index (χ4v) is 3.69. The van der Waals surface area contributed by atoms with Crippen LogP contribution in [-0.2, 0) is 9.53 Å². The Morgan fingerprint density at radius 2 is 2.15 bits per heavy atom. The first-order valence-corrected chi connectivity index (χ1v) is 10.0. The Morgan fingerprint density at radius 1 is 1.41 bits per heavy atom. The van der Waals surface area contributed by atoms with Crippen molar-refractivity contribution in [1.29, 1.82) is 5.26 Å². The van der Waals surface area contributed by atoms with Crippen molar-refractivity contribution in [1.82, 2.24) is 9.88 Å². The molecule has 1 N–H and O–H groups in total. The van der Waals surface area contributed by atoms with Crippen molar-refractivity contribution in [3.63, 3.8) is 0 Å². The van der Waals surface area contributed by atoms with Gasteiger partial charge in [-0.05, 0) is 91.3 Å². The molecule has 1 aromatic heterocycles. The second-order valence-corrected chi connectivity index (χ2v) is 7.90. The molecule has 140 valence electrons. The lowest BCUT2D eigenvalue weighted by Gasteiger charge is -2.10. The highest BCUT2D eigenvalue weighted by Crippen LogP contribution is 2.23. The number of ether oxygens (including phenoxy) is 1. The molecule has 1 aliphatic rings. The highest BCUT2D eigenvalue weighted by atomic mass is 127. The van der Waals surface area contributed by atoms with Crippen LogP contribution in [0.5, 0.6) is 0 Å². The number of carbonyl (C=O) groups is 1. The van der Waals surface area contributed by atoms with Gasteiger partial charge in [-0.15, -0.1) is 0 Å². The van der Waals surface area contributed by atoms with Crippen molar-refractivity contribution < 1.29 is 9.53 Å². The monoisotopic (exact) mass is 475 g/mol. The van der Waals surface area contributed by atoms with Crippen molar-refractivity contribution >= 4 is 34.6 Å². The van der Waals surface area contributed by atoms with Crippen LogP contribution in [0.4, 0.5) is 0 Å². The predicted octanol–water partition coefficient (Wildman–Crippen LogP) is 3.90. The molecule has 27 heavy (non-hydrogen) atoms. The molecule has 0 aliphatic carbocycles. The molecule has 6 heteroatoms. The van der Waals surface area contributed by atoms with Gasteiger partial charge in [0.1, 0.15) is 11.6 Å². The van der Waals surface area contributed by atoms with Gasteiger partial charge >= 0.3 is 0 Å². The standard InChI is InChI=1S/C21H22IN3O2/c1-14-10-16(15(2)25(14)19-7-5-18(22)6-8-19)11-17(12-23)21(26)24-13-20-4-3-9-27-20/h5-8,10-11,20H,3-4,9,13H2,1-2H3,(H,24,26)/b17-11+. The molecular weight excluding hydrogens is 453 g/mol. The summed E-state index contributed by atoms with van der Waals surface area (Å²) in [4.78, 5) is 12.4. The van der Waals surface area contributed by atoms with Gasteiger partial charge in [-0.25, -0.2) is 0 Å². The van der Waals surface area contributed by atoms with E-state index in [4.69, 9.17) is 4.74 Å². The number of benzene rings is 1. The van der Waals surface area contributed by atoms with E-state index in [1.165, 1.54) is 3.57 Å². The van der Waals surface area contributed by atoms with Gasteiger partial charge in [-0.1, -0.05) is 0 Å². The van der Waals surface area contributed by atoms with Crippen LogP contribution in [0.3, 0.4) is 0 Å². The van der Waals surface area contributed by atoms with Crippen LogP contribution in [0.2, 0.25) is 0 Å². The summed E-state index contributed by atoms with van der Waals surface area (Å²) in [6, 6.07) is 12.3. The Balaban J connectivity index is 1.82. The van der Waals surface area contributed by atoms with Crippen LogP contribution < -0.4 is 5.32 Å². The maximum absolute atomic E-state index is 12.4. The normalized spacial score (nSPS) is 17.0. The zero-order valence-corrected chi connectivity index (χ0v) is 17.6. The van der Waals surface area contributed by atoms with Crippen LogP contribution in [0.15, 0.2) is 35.9 Å². The number of nitriles is 1. The molecule has 2 aromatic rings. The summed E-state index contributed by atoms with van der Waals surface area (Å²) >= 11 is 2.28. The highest BCUT2D eigenvalue weighted by molar-refractivity contribution is 14.1. The topological polar surface area (TPSA) is 67.1 Å². The van der Waals surface area contributed by atoms with E-state index >= 15 is 0 Å². The number of amides is 1. The maximum atomic E-state index is 12.4. The van der Waals surface area contributed by atoms with E-state index in [0.29, 0.717) is 6.54 Å². The first-order valence-electron chi connectivity index (χ1n) is 8.96. The molecule has 1 aliphatic heterocycles. The number of halogens is 1. The molecule has 0 saturated carbocycles. The Morgan fingerprint density at radius 3 is 2.78 bits per heavy atom. The first-order chi connectivity index (χ1) is 13.0. The van der Waals surface area contributed by atoms with Gasteiger partial charge < -0.3 is 14.6 Å². The van der Waals surface area contributed by atoms with Crippen molar-refractivity contribution in [2.75, 3.05) is 13.2 Å². The zero-order chi connectivity index (χ0) is 19.4. The molecular formula is C21H22IN3O2. The molecule has 1 amide bonds. The van der Waals surface area contributed by atoms with Gasteiger partial charge in [0.2, 0.25) is 0 Å². The molecule has 5 nitrogen and oxygen atoms in total. The number of rotatable bonds is 5. The zero-order valence-electron chi connectivity index (χ0n) is 15.5. The molecule has 1 unspecified atom stereocenters. The second kappa shape index (κ2) is 8.72. The van der Waals surface area contributed by atoms with Gasteiger partial charge in [-0.3, -0.25) is 4.79 Å². The number of hydrogen-bond donors (Lipinski definition) is 1. The quantitative estimate of drug-likeness (QED) is 0.405. The fraction of sp³-hybridized carbons (Fsp3) is 0.333. The minimum absolute atomic E-state index is 0.0554. The molecule has 1 aromatic carbocycles. The Labute approximate surface area is 173 Å². The van der Waals surface area contributed by atoms with Gasteiger partial charge in [0, 0.05) is 33.8 Å². The molecule has 1 saturated heterocycles. The van der Waals surface area contributed by atoms with E-state index in [9.17, 15) is 10.1 Å². The summed E-state index contributed by atoms with van der Waals surface area (Å²) in [6.45, 7) is 5.20. The summed E-state index contributed by atoms with van der Waals surface area (Å²) in [6.07, 6.45) is 3.69. The molecule has 1 atom stereocenters. The number of carbonyl (C=O) groups excluding carboxylic acids is 1. The number of aromatic nitrogens is 1. The molecule has 0 bridgehead atoms. The predicted molar refractivity (Wildman–Crippen MR) is 114 cm³/mol. The van der Waals surface area contributed by atoms with E-state index in [-0.39, 0.29) is 17.6 Å². The molecule has 0 spiro atoms. The molecule has 1 fully saturated rings.